The summed E-state index contributed by atoms with van der Waals surface area (Å²) in [7, 11) is -4.30. The van der Waals surface area contributed by atoms with Crippen LogP contribution in [0.25, 0.3) is 0 Å². The highest BCUT2D eigenvalue weighted by Crippen LogP contribution is 2.29. The van der Waals surface area contributed by atoms with Gasteiger partial charge in [0.1, 0.15) is 17.6 Å². The molecule has 1 amide bonds. The summed E-state index contributed by atoms with van der Waals surface area (Å²) in [6.07, 6.45) is -4.81. The van der Waals surface area contributed by atoms with Gasteiger partial charge < -0.3 is 14.6 Å². The van der Waals surface area contributed by atoms with Crippen LogP contribution in [-0.2, 0) is 10.0 Å². The maximum Gasteiger partial charge on any atom is 0.573 e. The molecule has 184 valence electrons. The zero-order valence-corrected chi connectivity index (χ0v) is 18.1. The summed E-state index contributed by atoms with van der Waals surface area (Å²) >= 11 is 0. The Balaban J connectivity index is 1.71. The summed E-state index contributed by atoms with van der Waals surface area (Å²) in [5.74, 6) is -2.97. The first-order valence-corrected chi connectivity index (χ1v) is 11.2. The predicted octanol–water partition coefficient (Wildman–Crippen LogP) is 2.63. The van der Waals surface area contributed by atoms with Crippen molar-refractivity contribution in [3.8, 4) is 11.5 Å². The minimum absolute atomic E-state index is 0.0280. The minimum atomic E-state index is -4.82. The highest BCUT2D eigenvalue weighted by Gasteiger charge is 2.35. The number of hydrogen-bond donors (Lipinski definition) is 3. The van der Waals surface area contributed by atoms with Gasteiger partial charge in [0.05, 0.1) is 16.0 Å². The molecule has 0 aromatic heterocycles. The summed E-state index contributed by atoms with van der Waals surface area (Å²) in [5.41, 5.74) is -0.0248. The van der Waals surface area contributed by atoms with Gasteiger partial charge in [0.25, 0.3) is 5.91 Å². The van der Waals surface area contributed by atoms with Crippen molar-refractivity contribution in [3.05, 3.63) is 53.6 Å². The Morgan fingerprint density at radius 1 is 1.03 bits per heavy atom. The number of aromatic carboxylic acids is 1. The van der Waals surface area contributed by atoms with Gasteiger partial charge in [-0.1, -0.05) is 6.07 Å². The van der Waals surface area contributed by atoms with E-state index in [0.717, 1.165) is 28.6 Å². The second-order valence-electron chi connectivity index (χ2n) is 7.17. The number of halogens is 3. The van der Waals surface area contributed by atoms with Crippen LogP contribution in [0.4, 0.5) is 13.2 Å². The van der Waals surface area contributed by atoms with Gasteiger partial charge in [-0.05, 0) is 49.2 Å². The molecule has 0 bridgehead atoms. The summed E-state index contributed by atoms with van der Waals surface area (Å²) < 4.78 is 73.6. The first kappa shape index (κ1) is 25.3. The number of carbonyl (C=O) groups excluding carboxylic acids is 1. The number of ether oxygens (including phenoxy) is 2. The van der Waals surface area contributed by atoms with Crippen molar-refractivity contribution >= 4 is 21.9 Å². The SMILES string of the molecule is O=C(O)c1cccc(S(=O)(=O)N2CCC(Oc3ccc(OC(F)(F)F)cc3)CC2)c1C(=O)NO. The molecule has 0 aliphatic carbocycles. The summed E-state index contributed by atoms with van der Waals surface area (Å²) in [4.78, 5) is 22.9. The molecule has 2 aromatic carbocycles. The van der Waals surface area contributed by atoms with E-state index in [4.69, 9.17) is 9.94 Å². The lowest BCUT2D eigenvalue weighted by molar-refractivity contribution is -0.274. The minimum Gasteiger partial charge on any atom is -0.490 e. The van der Waals surface area contributed by atoms with E-state index >= 15 is 0 Å². The normalized spacial score (nSPS) is 15.5. The molecule has 0 unspecified atom stereocenters. The molecule has 2 aromatic rings. The number of benzene rings is 2. The number of sulfonamides is 1. The van der Waals surface area contributed by atoms with Crippen LogP contribution in [0.1, 0.15) is 33.6 Å². The van der Waals surface area contributed by atoms with Crippen molar-refractivity contribution in [3.63, 3.8) is 0 Å². The standard InChI is InChI=1S/C20H19F3N2O8S/c21-20(22,23)33-14-6-4-12(5-7-14)32-13-8-10-25(11-9-13)34(30,31)16-3-1-2-15(19(27)28)17(16)18(26)24-29/h1-7,13,29H,8-11H2,(H,24,26)(H,27,28). The number of hydroxylamine groups is 1. The maximum atomic E-state index is 13.1. The number of nitrogens with zero attached hydrogens (tertiary/aromatic N) is 1. The summed E-state index contributed by atoms with van der Waals surface area (Å²) in [6.45, 7) is -0.0560. The van der Waals surface area contributed by atoms with Gasteiger partial charge in [-0.2, -0.15) is 4.31 Å². The Bertz CT molecular complexity index is 1160. The molecule has 1 aliphatic rings. The number of rotatable bonds is 7. The molecule has 1 saturated heterocycles. The molecule has 0 spiro atoms. The van der Waals surface area contributed by atoms with Crippen LogP contribution >= 0.6 is 0 Å². The lowest BCUT2D eigenvalue weighted by atomic mass is 10.1. The Kier molecular flexibility index (Phi) is 7.33. The van der Waals surface area contributed by atoms with Crippen LogP contribution in [0.2, 0.25) is 0 Å². The number of piperidine rings is 1. The zero-order chi connectivity index (χ0) is 25.1. The van der Waals surface area contributed by atoms with Crippen molar-refractivity contribution in [2.24, 2.45) is 0 Å². The van der Waals surface area contributed by atoms with Gasteiger partial charge in [-0.25, -0.2) is 18.7 Å². The van der Waals surface area contributed by atoms with E-state index in [-0.39, 0.29) is 31.7 Å². The monoisotopic (exact) mass is 504 g/mol. The Morgan fingerprint density at radius 3 is 2.15 bits per heavy atom. The third-order valence-corrected chi connectivity index (χ3v) is 6.91. The van der Waals surface area contributed by atoms with E-state index in [1.165, 1.54) is 23.7 Å². The molecule has 10 nitrogen and oxygen atoms in total. The van der Waals surface area contributed by atoms with Gasteiger partial charge in [-0.3, -0.25) is 10.0 Å². The van der Waals surface area contributed by atoms with Gasteiger partial charge in [0.2, 0.25) is 10.0 Å². The number of carboxylic acids is 1. The van der Waals surface area contributed by atoms with Crippen molar-refractivity contribution in [1.29, 1.82) is 0 Å². The van der Waals surface area contributed by atoms with Crippen molar-refractivity contribution < 1.29 is 51.0 Å². The molecule has 0 radical (unpaired) electrons. The number of hydrogen-bond acceptors (Lipinski definition) is 7. The molecule has 0 saturated carbocycles. The third kappa shape index (κ3) is 5.76. The van der Waals surface area contributed by atoms with Gasteiger partial charge >= 0.3 is 12.3 Å². The average Bonchev–Trinajstić information content (AvgIpc) is 2.78. The Labute approximate surface area is 191 Å². The lowest BCUT2D eigenvalue weighted by Gasteiger charge is -2.32. The summed E-state index contributed by atoms with van der Waals surface area (Å²) in [5, 5.41) is 18.3. The zero-order valence-electron chi connectivity index (χ0n) is 17.3. The molecule has 14 heteroatoms. The molecular weight excluding hydrogens is 485 g/mol. The molecule has 34 heavy (non-hydrogen) atoms. The highest BCUT2D eigenvalue weighted by molar-refractivity contribution is 7.89. The van der Waals surface area contributed by atoms with E-state index in [1.54, 1.807) is 0 Å². The fraction of sp³-hybridized carbons (Fsp3) is 0.300. The topological polar surface area (TPSA) is 142 Å². The van der Waals surface area contributed by atoms with Gasteiger partial charge in [0, 0.05) is 13.1 Å². The van der Waals surface area contributed by atoms with Crippen LogP contribution in [-0.4, -0.2) is 60.5 Å². The molecule has 0 atom stereocenters. The molecule has 3 N–H and O–H groups in total. The van der Waals surface area contributed by atoms with Crippen LogP contribution in [0.15, 0.2) is 47.4 Å². The molecular formula is C20H19F3N2O8S. The number of amides is 1. The van der Waals surface area contributed by atoms with Crippen LogP contribution in [0.3, 0.4) is 0 Å². The Hall–Kier alpha value is -3.36. The maximum absolute atomic E-state index is 13.1. The lowest BCUT2D eigenvalue weighted by Crippen LogP contribution is -2.42. The largest absolute Gasteiger partial charge is 0.573 e. The smallest absolute Gasteiger partial charge is 0.490 e. The molecule has 1 fully saturated rings. The first-order chi connectivity index (χ1) is 15.9. The number of alkyl halides is 3. The van der Waals surface area contributed by atoms with Gasteiger partial charge in [-0.15, -0.1) is 13.2 Å². The third-order valence-electron chi connectivity index (χ3n) is 4.96. The number of carboxylic acid groups (broad SMARTS) is 1. The van der Waals surface area contributed by atoms with E-state index in [0.29, 0.717) is 0 Å². The quantitative estimate of drug-likeness (QED) is 0.386. The predicted molar refractivity (Wildman–Crippen MR) is 108 cm³/mol. The molecule has 3 rings (SSSR count). The van der Waals surface area contributed by atoms with Crippen LogP contribution in [0, 0.1) is 0 Å². The highest BCUT2D eigenvalue weighted by atomic mass is 32.2. The fourth-order valence-electron chi connectivity index (χ4n) is 3.46. The van der Waals surface area contributed by atoms with Crippen LogP contribution < -0.4 is 15.0 Å². The van der Waals surface area contributed by atoms with Gasteiger partial charge in [0.15, 0.2) is 0 Å². The van der Waals surface area contributed by atoms with Crippen molar-refractivity contribution in [1.82, 2.24) is 9.79 Å². The van der Waals surface area contributed by atoms with Crippen molar-refractivity contribution in [2.45, 2.75) is 30.2 Å². The fourth-order valence-corrected chi connectivity index (χ4v) is 5.14. The average molecular weight is 504 g/mol. The number of carbonyl (C=O) groups is 2. The van der Waals surface area contributed by atoms with E-state index in [1.807, 2.05) is 0 Å². The molecule has 1 heterocycles. The summed E-state index contributed by atoms with van der Waals surface area (Å²) in [6, 6.07) is 8.04. The number of nitrogens with one attached hydrogen (secondary N) is 1. The molecule has 1 aliphatic heterocycles. The second kappa shape index (κ2) is 9.87. The van der Waals surface area contributed by atoms with E-state index < -0.39 is 56.1 Å². The van der Waals surface area contributed by atoms with Crippen LogP contribution in [0.5, 0.6) is 11.5 Å². The van der Waals surface area contributed by atoms with Crippen molar-refractivity contribution in [2.75, 3.05) is 13.1 Å². The second-order valence-corrected chi connectivity index (χ2v) is 9.07. The first-order valence-electron chi connectivity index (χ1n) is 9.75. The Morgan fingerprint density at radius 2 is 1.62 bits per heavy atom. The van der Waals surface area contributed by atoms with E-state index in [9.17, 15) is 36.3 Å². The van der Waals surface area contributed by atoms with E-state index in [2.05, 4.69) is 4.74 Å².